The van der Waals surface area contributed by atoms with Crippen LogP contribution in [-0.4, -0.2) is 66.0 Å². The van der Waals surface area contributed by atoms with Crippen LogP contribution in [0.4, 0.5) is 4.39 Å². The van der Waals surface area contributed by atoms with Crippen molar-refractivity contribution in [3.63, 3.8) is 0 Å². The number of aliphatic hydroxyl groups is 1. The first kappa shape index (κ1) is 19.8. The molecule has 0 spiro atoms. The van der Waals surface area contributed by atoms with Gasteiger partial charge in [-0.05, 0) is 35.7 Å². The number of amides is 1. The molecule has 0 aliphatic carbocycles. The number of aliphatic hydroxyl groups excluding tert-OH is 1. The van der Waals surface area contributed by atoms with Crippen LogP contribution < -0.4 is 0 Å². The van der Waals surface area contributed by atoms with Crippen LogP contribution in [0.3, 0.4) is 0 Å². The molecule has 1 amide bonds. The summed E-state index contributed by atoms with van der Waals surface area (Å²) in [6.45, 7) is 3.85. The predicted octanol–water partition coefficient (Wildman–Crippen LogP) is 2.64. The number of carbonyl (C=O) groups is 2. The molecule has 2 saturated heterocycles. The number of nitrogens with zero attached hydrogens (tertiary/aromatic N) is 2. The van der Waals surface area contributed by atoms with Crippen LogP contribution in [0.1, 0.15) is 16.5 Å². The Morgan fingerprint density at radius 2 is 1.86 bits per heavy atom. The van der Waals surface area contributed by atoms with E-state index in [9.17, 15) is 19.1 Å². The van der Waals surface area contributed by atoms with E-state index in [2.05, 4.69) is 4.90 Å². The summed E-state index contributed by atoms with van der Waals surface area (Å²) < 4.78 is 18.6. The van der Waals surface area contributed by atoms with Gasteiger partial charge >= 0.3 is 0 Å². The Hall–Kier alpha value is -2.55. The van der Waals surface area contributed by atoms with Crippen LogP contribution in [0.5, 0.6) is 0 Å². The normalized spacial score (nSPS) is 22.4. The Labute approximate surface area is 171 Å². The fourth-order valence-electron chi connectivity index (χ4n) is 3.69. The third-order valence-corrected chi connectivity index (χ3v) is 6.16. The van der Waals surface area contributed by atoms with Crippen molar-refractivity contribution in [1.29, 1.82) is 0 Å². The number of morpholine rings is 1. The lowest BCUT2D eigenvalue weighted by molar-refractivity contribution is -0.140. The van der Waals surface area contributed by atoms with Gasteiger partial charge in [0.1, 0.15) is 11.6 Å². The smallest absolute Gasteiger partial charge is 0.295 e. The standard InChI is InChI=1S/C21H21FN2O4S/c22-15-5-3-14(4-6-15)19(25)17-18(16-2-1-13-29-16)24(21(27)20(17)26)8-7-23-9-11-28-12-10-23/h1-6,13,18,25H,7-12H2. The number of likely N-dealkylation sites (tertiary alicyclic amines) is 1. The van der Waals surface area contributed by atoms with Crippen molar-refractivity contribution in [2.75, 3.05) is 39.4 Å². The van der Waals surface area contributed by atoms with E-state index in [1.54, 1.807) is 0 Å². The van der Waals surface area contributed by atoms with Gasteiger partial charge in [-0.15, -0.1) is 11.3 Å². The van der Waals surface area contributed by atoms with Gasteiger partial charge in [0, 0.05) is 36.6 Å². The van der Waals surface area contributed by atoms with Crippen molar-refractivity contribution in [3.05, 3.63) is 63.6 Å². The Kier molecular flexibility index (Phi) is 5.75. The van der Waals surface area contributed by atoms with Crippen molar-refractivity contribution >= 4 is 28.8 Å². The quantitative estimate of drug-likeness (QED) is 0.461. The van der Waals surface area contributed by atoms with Gasteiger partial charge in [-0.25, -0.2) is 4.39 Å². The van der Waals surface area contributed by atoms with Crippen molar-refractivity contribution in [2.45, 2.75) is 6.04 Å². The van der Waals surface area contributed by atoms with Crippen LogP contribution in [0, 0.1) is 5.82 Å². The SMILES string of the molecule is O=C1C(=O)N(CCN2CCOCC2)C(c2cccs2)C1=C(O)c1ccc(F)cc1. The molecule has 1 aromatic heterocycles. The third kappa shape index (κ3) is 3.96. The molecule has 29 heavy (non-hydrogen) atoms. The average molecular weight is 416 g/mol. The second kappa shape index (κ2) is 8.44. The molecule has 152 valence electrons. The number of hydrogen-bond acceptors (Lipinski definition) is 6. The number of Topliss-reactive ketones (excluding diaryl/α,β-unsaturated/α-hetero) is 1. The van der Waals surface area contributed by atoms with Gasteiger partial charge in [-0.1, -0.05) is 6.07 Å². The van der Waals surface area contributed by atoms with E-state index in [1.807, 2.05) is 17.5 Å². The lowest BCUT2D eigenvalue weighted by Gasteiger charge is -2.30. The Bertz CT molecular complexity index is 921. The minimum Gasteiger partial charge on any atom is -0.507 e. The van der Waals surface area contributed by atoms with E-state index >= 15 is 0 Å². The number of rotatable bonds is 5. The highest BCUT2D eigenvalue weighted by molar-refractivity contribution is 7.10. The zero-order valence-corrected chi connectivity index (χ0v) is 16.5. The van der Waals surface area contributed by atoms with Crippen LogP contribution >= 0.6 is 11.3 Å². The first-order chi connectivity index (χ1) is 14.1. The minimum absolute atomic E-state index is 0.0473. The maximum Gasteiger partial charge on any atom is 0.295 e. The second-order valence-corrected chi connectivity index (χ2v) is 7.95. The largest absolute Gasteiger partial charge is 0.507 e. The molecule has 2 aliphatic heterocycles. The van der Waals surface area contributed by atoms with E-state index in [4.69, 9.17) is 4.74 Å². The molecule has 0 radical (unpaired) electrons. The van der Waals surface area contributed by atoms with Crippen LogP contribution in [-0.2, 0) is 14.3 Å². The fourth-order valence-corrected chi connectivity index (χ4v) is 4.54. The van der Waals surface area contributed by atoms with E-state index < -0.39 is 23.5 Å². The molecule has 2 fully saturated rings. The summed E-state index contributed by atoms with van der Waals surface area (Å²) in [6, 6.07) is 8.27. The van der Waals surface area contributed by atoms with E-state index in [-0.39, 0.29) is 11.3 Å². The van der Waals surface area contributed by atoms with Gasteiger partial charge in [-0.2, -0.15) is 0 Å². The summed E-state index contributed by atoms with van der Waals surface area (Å²) in [5.41, 5.74) is 0.352. The number of ketones is 1. The lowest BCUT2D eigenvalue weighted by atomic mass is 10.00. The highest BCUT2D eigenvalue weighted by Gasteiger charge is 2.46. The summed E-state index contributed by atoms with van der Waals surface area (Å²) in [4.78, 5) is 30.2. The molecule has 1 N–H and O–H groups in total. The van der Waals surface area contributed by atoms with Gasteiger partial charge in [0.15, 0.2) is 0 Å². The molecule has 1 atom stereocenters. The average Bonchev–Trinajstić information content (AvgIpc) is 3.35. The summed E-state index contributed by atoms with van der Waals surface area (Å²) in [6.07, 6.45) is 0. The highest BCUT2D eigenvalue weighted by atomic mass is 32.1. The Morgan fingerprint density at radius 1 is 1.14 bits per heavy atom. The maximum atomic E-state index is 13.3. The number of hydrogen-bond donors (Lipinski definition) is 1. The molecule has 2 aliphatic rings. The van der Waals surface area contributed by atoms with E-state index in [0.29, 0.717) is 31.9 Å². The molecule has 8 heteroatoms. The van der Waals surface area contributed by atoms with Gasteiger partial charge in [0.25, 0.3) is 11.7 Å². The summed E-state index contributed by atoms with van der Waals surface area (Å²) in [7, 11) is 0. The van der Waals surface area contributed by atoms with Gasteiger partial charge in [0.2, 0.25) is 0 Å². The number of halogens is 1. The molecule has 1 aromatic carbocycles. The number of ether oxygens (including phenoxy) is 1. The van der Waals surface area contributed by atoms with Crippen LogP contribution in [0.2, 0.25) is 0 Å². The molecule has 1 unspecified atom stereocenters. The van der Waals surface area contributed by atoms with Crippen LogP contribution in [0.25, 0.3) is 5.76 Å². The zero-order valence-electron chi connectivity index (χ0n) is 15.7. The van der Waals surface area contributed by atoms with Crippen molar-refractivity contribution in [2.24, 2.45) is 0 Å². The van der Waals surface area contributed by atoms with Gasteiger partial charge < -0.3 is 14.7 Å². The summed E-state index contributed by atoms with van der Waals surface area (Å²) in [5.74, 6) is -2.06. The summed E-state index contributed by atoms with van der Waals surface area (Å²) in [5, 5.41) is 12.7. The molecule has 0 bridgehead atoms. The Morgan fingerprint density at radius 3 is 2.52 bits per heavy atom. The first-order valence-electron chi connectivity index (χ1n) is 9.44. The predicted molar refractivity (Wildman–Crippen MR) is 107 cm³/mol. The number of thiophene rings is 1. The molecular weight excluding hydrogens is 395 g/mol. The van der Waals surface area contributed by atoms with E-state index in [0.717, 1.165) is 18.0 Å². The molecule has 0 saturated carbocycles. The highest BCUT2D eigenvalue weighted by Crippen LogP contribution is 2.40. The monoisotopic (exact) mass is 416 g/mol. The molecule has 2 aromatic rings. The van der Waals surface area contributed by atoms with E-state index in [1.165, 1.54) is 40.5 Å². The fraction of sp³-hybridized carbons (Fsp3) is 0.333. The zero-order chi connectivity index (χ0) is 20.4. The maximum absolute atomic E-state index is 13.3. The van der Waals surface area contributed by atoms with Crippen molar-refractivity contribution in [3.8, 4) is 0 Å². The van der Waals surface area contributed by atoms with Gasteiger partial charge in [-0.3, -0.25) is 14.5 Å². The lowest BCUT2D eigenvalue weighted by Crippen LogP contribution is -2.42. The Balaban J connectivity index is 1.68. The summed E-state index contributed by atoms with van der Waals surface area (Å²) >= 11 is 1.42. The van der Waals surface area contributed by atoms with Crippen LogP contribution in [0.15, 0.2) is 47.4 Å². The second-order valence-electron chi connectivity index (χ2n) is 6.97. The molecule has 3 heterocycles. The van der Waals surface area contributed by atoms with Crippen molar-refractivity contribution < 1.29 is 23.8 Å². The van der Waals surface area contributed by atoms with Gasteiger partial charge in [0.05, 0.1) is 24.8 Å². The number of benzene rings is 1. The van der Waals surface area contributed by atoms with Crippen molar-refractivity contribution in [1.82, 2.24) is 9.80 Å². The molecule has 4 rings (SSSR count). The third-order valence-electron chi connectivity index (χ3n) is 5.23. The number of carbonyl (C=O) groups excluding carboxylic acids is 2. The molecular formula is C21H21FN2O4S. The topological polar surface area (TPSA) is 70.1 Å². The first-order valence-corrected chi connectivity index (χ1v) is 10.3. The minimum atomic E-state index is -0.716. The molecule has 6 nitrogen and oxygen atoms in total.